The summed E-state index contributed by atoms with van der Waals surface area (Å²) in [6.45, 7) is 1.72. The van der Waals surface area contributed by atoms with Crippen molar-refractivity contribution in [1.82, 2.24) is 4.98 Å². The number of aryl methyl sites for hydroxylation is 1. The fourth-order valence-electron chi connectivity index (χ4n) is 2.11. The molecule has 0 amide bonds. The van der Waals surface area contributed by atoms with E-state index in [1.165, 1.54) is 12.1 Å². The van der Waals surface area contributed by atoms with Gasteiger partial charge in [-0.05, 0) is 36.8 Å². The summed E-state index contributed by atoms with van der Waals surface area (Å²) in [5.41, 5.74) is 1.31. The highest BCUT2D eigenvalue weighted by molar-refractivity contribution is 6.05. The number of hydrogen-bond donors (Lipinski definition) is 1. The topological polar surface area (TPSA) is 59.2 Å². The minimum atomic E-state index is -0.672. The number of aromatic amines is 1. The molecular formula is C15H10FNO3. The summed E-state index contributed by atoms with van der Waals surface area (Å²) in [6, 6.07) is 7.43. The molecule has 1 aromatic heterocycles. The van der Waals surface area contributed by atoms with Crippen molar-refractivity contribution in [3.05, 3.63) is 68.9 Å². The molecule has 2 aromatic rings. The molecule has 0 bridgehead atoms. The van der Waals surface area contributed by atoms with Gasteiger partial charge >= 0.3 is 5.97 Å². The molecule has 1 aliphatic heterocycles. The first-order chi connectivity index (χ1) is 9.54. The van der Waals surface area contributed by atoms with Crippen LogP contribution in [0.15, 0.2) is 35.1 Å². The van der Waals surface area contributed by atoms with E-state index in [1.807, 2.05) is 0 Å². The number of rotatable bonds is 1. The number of halogens is 1. The van der Waals surface area contributed by atoms with Crippen LogP contribution >= 0.6 is 0 Å². The Morgan fingerprint density at radius 2 is 1.90 bits per heavy atom. The van der Waals surface area contributed by atoms with Crippen molar-refractivity contribution >= 4 is 17.8 Å². The fraction of sp³-hybridized carbons (Fsp3) is 0.0667. The number of esters is 1. The third kappa shape index (κ3) is 2.03. The third-order valence-corrected chi connectivity index (χ3v) is 3.01. The molecule has 0 radical (unpaired) electrons. The van der Waals surface area contributed by atoms with Crippen molar-refractivity contribution in [3.8, 4) is 0 Å². The van der Waals surface area contributed by atoms with Gasteiger partial charge in [0.1, 0.15) is 17.1 Å². The number of cyclic esters (lactones) is 1. The molecule has 0 saturated heterocycles. The number of H-pyrrole nitrogens is 1. The molecule has 0 fully saturated rings. The first-order valence-corrected chi connectivity index (χ1v) is 5.98. The van der Waals surface area contributed by atoms with E-state index in [0.29, 0.717) is 22.6 Å². The number of pyridine rings is 1. The van der Waals surface area contributed by atoms with Gasteiger partial charge in [-0.25, -0.2) is 9.18 Å². The van der Waals surface area contributed by atoms with Crippen LogP contribution in [0.2, 0.25) is 0 Å². The molecule has 1 aliphatic rings. The van der Waals surface area contributed by atoms with Crippen molar-refractivity contribution in [2.45, 2.75) is 6.92 Å². The summed E-state index contributed by atoms with van der Waals surface area (Å²) in [5, 5.41) is 0. The zero-order chi connectivity index (χ0) is 14.3. The lowest BCUT2D eigenvalue weighted by Gasteiger charge is -2.00. The Morgan fingerprint density at radius 1 is 1.20 bits per heavy atom. The number of fused-ring (bicyclic) bond motifs is 1. The highest BCUT2D eigenvalue weighted by atomic mass is 19.1. The van der Waals surface area contributed by atoms with Crippen LogP contribution in [0.4, 0.5) is 4.39 Å². The van der Waals surface area contributed by atoms with E-state index in [1.54, 1.807) is 31.2 Å². The van der Waals surface area contributed by atoms with Gasteiger partial charge < -0.3 is 9.72 Å². The summed E-state index contributed by atoms with van der Waals surface area (Å²) in [5.74, 6) is -0.719. The summed E-state index contributed by atoms with van der Waals surface area (Å²) >= 11 is 0. The third-order valence-electron chi connectivity index (χ3n) is 3.01. The molecule has 0 spiro atoms. The maximum atomic E-state index is 12.9. The molecule has 1 aromatic carbocycles. The van der Waals surface area contributed by atoms with Crippen molar-refractivity contribution in [2.75, 3.05) is 0 Å². The van der Waals surface area contributed by atoms with Crippen LogP contribution in [0.1, 0.15) is 27.2 Å². The predicted molar refractivity (Wildman–Crippen MR) is 71.5 cm³/mol. The van der Waals surface area contributed by atoms with Crippen molar-refractivity contribution < 1.29 is 13.9 Å². The van der Waals surface area contributed by atoms with Gasteiger partial charge in [-0.1, -0.05) is 12.1 Å². The van der Waals surface area contributed by atoms with Crippen molar-refractivity contribution in [3.63, 3.8) is 0 Å². The molecule has 2 heterocycles. The predicted octanol–water partition coefficient (Wildman–Crippen LogP) is 2.49. The maximum absolute atomic E-state index is 12.9. The van der Waals surface area contributed by atoms with Gasteiger partial charge in [-0.2, -0.15) is 0 Å². The first-order valence-electron chi connectivity index (χ1n) is 5.98. The van der Waals surface area contributed by atoms with Gasteiger partial charge in [0.25, 0.3) is 5.56 Å². The highest BCUT2D eigenvalue weighted by Crippen LogP contribution is 2.29. The van der Waals surface area contributed by atoms with E-state index in [9.17, 15) is 14.0 Å². The van der Waals surface area contributed by atoms with E-state index < -0.39 is 11.5 Å². The normalized spacial score (nSPS) is 15.3. The second kappa shape index (κ2) is 4.45. The second-order valence-electron chi connectivity index (χ2n) is 4.52. The average molecular weight is 271 g/mol. The SMILES string of the molecule is Cc1cc2c(c(=O)[nH]1)C(=O)O/C2=C/c1ccc(F)cc1. The summed E-state index contributed by atoms with van der Waals surface area (Å²) in [6.07, 6.45) is 1.60. The van der Waals surface area contributed by atoms with Gasteiger partial charge in [0, 0.05) is 11.3 Å². The van der Waals surface area contributed by atoms with Crippen LogP contribution in [0, 0.1) is 12.7 Å². The van der Waals surface area contributed by atoms with Crippen LogP contribution in [0.3, 0.4) is 0 Å². The molecule has 0 saturated carbocycles. The number of ether oxygens (including phenoxy) is 1. The molecule has 1 N–H and O–H groups in total. The molecule has 4 nitrogen and oxygen atoms in total. The van der Waals surface area contributed by atoms with Gasteiger partial charge in [0.05, 0.1) is 0 Å². The zero-order valence-corrected chi connectivity index (χ0v) is 10.6. The number of carbonyl (C=O) groups excluding carboxylic acids is 1. The lowest BCUT2D eigenvalue weighted by Crippen LogP contribution is -2.16. The Morgan fingerprint density at radius 3 is 2.60 bits per heavy atom. The maximum Gasteiger partial charge on any atom is 0.349 e. The molecular weight excluding hydrogens is 261 g/mol. The van der Waals surface area contributed by atoms with Crippen LogP contribution in [-0.2, 0) is 4.74 Å². The average Bonchev–Trinajstić information content (AvgIpc) is 2.69. The number of benzene rings is 1. The van der Waals surface area contributed by atoms with Gasteiger partial charge in [0.2, 0.25) is 0 Å². The van der Waals surface area contributed by atoms with E-state index in [-0.39, 0.29) is 11.4 Å². The number of nitrogens with one attached hydrogen (secondary N) is 1. The molecule has 0 unspecified atom stereocenters. The quantitative estimate of drug-likeness (QED) is 0.811. The molecule has 5 heteroatoms. The minimum absolute atomic E-state index is 0.00367. The lowest BCUT2D eigenvalue weighted by molar-refractivity contribution is 0.0715. The van der Waals surface area contributed by atoms with Gasteiger partial charge in [0.15, 0.2) is 0 Å². The van der Waals surface area contributed by atoms with Crippen LogP contribution in [0.25, 0.3) is 11.8 Å². The largest absolute Gasteiger partial charge is 0.422 e. The molecule has 3 rings (SSSR count). The van der Waals surface area contributed by atoms with Gasteiger partial charge in [-0.15, -0.1) is 0 Å². The number of carbonyl (C=O) groups is 1. The molecule has 20 heavy (non-hydrogen) atoms. The fourth-order valence-corrected chi connectivity index (χ4v) is 2.11. The van der Waals surface area contributed by atoms with Crippen LogP contribution in [0.5, 0.6) is 0 Å². The Balaban J connectivity index is 2.13. The Kier molecular flexibility index (Phi) is 2.75. The zero-order valence-electron chi connectivity index (χ0n) is 10.6. The van der Waals surface area contributed by atoms with E-state index in [4.69, 9.17) is 4.74 Å². The van der Waals surface area contributed by atoms with Crippen molar-refractivity contribution in [2.24, 2.45) is 0 Å². The lowest BCUT2D eigenvalue weighted by atomic mass is 10.1. The number of aromatic nitrogens is 1. The Labute approximate surface area is 113 Å². The monoisotopic (exact) mass is 271 g/mol. The van der Waals surface area contributed by atoms with Crippen molar-refractivity contribution in [1.29, 1.82) is 0 Å². The van der Waals surface area contributed by atoms with Gasteiger partial charge in [-0.3, -0.25) is 4.79 Å². The van der Waals surface area contributed by atoms with E-state index in [0.717, 1.165) is 0 Å². The Hall–Kier alpha value is -2.69. The highest BCUT2D eigenvalue weighted by Gasteiger charge is 2.29. The van der Waals surface area contributed by atoms with E-state index >= 15 is 0 Å². The van der Waals surface area contributed by atoms with Crippen LogP contribution < -0.4 is 5.56 Å². The molecule has 0 atom stereocenters. The molecule has 100 valence electrons. The summed E-state index contributed by atoms with van der Waals surface area (Å²) in [7, 11) is 0. The van der Waals surface area contributed by atoms with E-state index in [2.05, 4.69) is 4.98 Å². The second-order valence-corrected chi connectivity index (χ2v) is 4.52. The minimum Gasteiger partial charge on any atom is -0.422 e. The van der Waals surface area contributed by atoms with Crippen LogP contribution in [-0.4, -0.2) is 11.0 Å². The number of hydrogen-bond acceptors (Lipinski definition) is 3. The first kappa shape index (κ1) is 12.3. The standard InChI is InChI=1S/C15H10FNO3/c1-8-6-11-12(7-9-2-4-10(16)5-3-9)20-15(19)13(11)14(18)17-8/h2-7H,1H3,(H,17,18)/b12-7+. The Bertz CT molecular complexity index is 788. The smallest absolute Gasteiger partial charge is 0.349 e. The molecule has 0 aliphatic carbocycles. The summed E-state index contributed by atoms with van der Waals surface area (Å²) < 4.78 is 18.0. The summed E-state index contributed by atoms with van der Waals surface area (Å²) in [4.78, 5) is 26.0.